The van der Waals surface area contributed by atoms with Crippen molar-refractivity contribution in [1.82, 2.24) is 4.90 Å². The summed E-state index contributed by atoms with van der Waals surface area (Å²) in [4.78, 5) is 2.97. The zero-order chi connectivity index (χ0) is 20.9. The Bertz CT molecular complexity index is 360. The minimum atomic E-state index is 0.378. The van der Waals surface area contributed by atoms with Crippen molar-refractivity contribution in [1.29, 1.82) is 0 Å². The topological polar surface area (TPSA) is 3.24 Å². The van der Waals surface area contributed by atoms with Gasteiger partial charge in [-0.1, -0.05) is 105 Å². The van der Waals surface area contributed by atoms with Crippen molar-refractivity contribution in [3.8, 4) is 0 Å². The van der Waals surface area contributed by atoms with Crippen LogP contribution in [0.3, 0.4) is 0 Å². The van der Waals surface area contributed by atoms with Crippen molar-refractivity contribution < 1.29 is 0 Å². The summed E-state index contributed by atoms with van der Waals surface area (Å²) in [5.41, 5.74) is 0.904. The Morgan fingerprint density at radius 2 is 1.11 bits per heavy atom. The van der Waals surface area contributed by atoms with Crippen LogP contribution in [0, 0.1) is 5.41 Å². The first-order valence-electron chi connectivity index (χ1n) is 13.2. The molecule has 1 atom stereocenters. The SMILES string of the molecule is CCCCCCC(C)(CCCCCC)C1CCCN1C(C)(C)CCCCCC. The maximum absolute atomic E-state index is 2.97. The van der Waals surface area contributed by atoms with E-state index < -0.39 is 0 Å². The van der Waals surface area contributed by atoms with E-state index in [1.807, 2.05) is 0 Å². The largest absolute Gasteiger partial charge is 0.295 e. The molecule has 0 spiro atoms. The molecule has 168 valence electrons. The van der Waals surface area contributed by atoms with Gasteiger partial charge in [0, 0.05) is 11.6 Å². The lowest BCUT2D eigenvalue weighted by Crippen LogP contribution is -2.52. The summed E-state index contributed by atoms with van der Waals surface area (Å²) in [6.45, 7) is 16.1. The van der Waals surface area contributed by atoms with Crippen LogP contribution in [0.25, 0.3) is 0 Å². The van der Waals surface area contributed by atoms with Crippen molar-refractivity contribution >= 4 is 0 Å². The fourth-order valence-corrected chi connectivity index (χ4v) is 5.71. The fraction of sp³-hybridized carbons (Fsp3) is 1.00. The standard InChI is InChI=1S/C27H55N/c1-7-10-13-16-21-26(4,5)28-24-19-20-25(28)27(6,22-17-14-11-8-2)23-18-15-12-9-3/h25H,7-24H2,1-6H3. The summed E-state index contributed by atoms with van der Waals surface area (Å²) < 4.78 is 0. The van der Waals surface area contributed by atoms with Gasteiger partial charge in [-0.25, -0.2) is 0 Å². The molecule has 1 heterocycles. The van der Waals surface area contributed by atoms with Gasteiger partial charge in [0.05, 0.1) is 0 Å². The minimum absolute atomic E-state index is 0.378. The number of rotatable bonds is 17. The van der Waals surface area contributed by atoms with Crippen LogP contribution in [0.1, 0.15) is 151 Å². The van der Waals surface area contributed by atoms with Crippen LogP contribution in [0.2, 0.25) is 0 Å². The van der Waals surface area contributed by atoms with E-state index in [1.54, 1.807) is 0 Å². The molecule has 1 saturated heterocycles. The smallest absolute Gasteiger partial charge is 0.0156 e. The first-order chi connectivity index (χ1) is 13.4. The van der Waals surface area contributed by atoms with E-state index in [-0.39, 0.29) is 0 Å². The lowest BCUT2D eigenvalue weighted by molar-refractivity contribution is 0.0136. The van der Waals surface area contributed by atoms with E-state index in [9.17, 15) is 0 Å². The Morgan fingerprint density at radius 3 is 1.57 bits per heavy atom. The van der Waals surface area contributed by atoms with Crippen LogP contribution >= 0.6 is 0 Å². The van der Waals surface area contributed by atoms with Crippen molar-refractivity contribution in [2.45, 2.75) is 162 Å². The third-order valence-electron chi connectivity index (χ3n) is 7.68. The van der Waals surface area contributed by atoms with Crippen LogP contribution in [0.5, 0.6) is 0 Å². The molecule has 1 fully saturated rings. The lowest BCUT2D eigenvalue weighted by atomic mass is 9.71. The van der Waals surface area contributed by atoms with Gasteiger partial charge in [0.2, 0.25) is 0 Å². The van der Waals surface area contributed by atoms with Crippen LogP contribution in [0.15, 0.2) is 0 Å². The number of unbranched alkanes of at least 4 members (excludes halogenated alkanes) is 9. The van der Waals surface area contributed by atoms with Gasteiger partial charge in [0.15, 0.2) is 0 Å². The highest BCUT2D eigenvalue weighted by Crippen LogP contribution is 2.45. The maximum atomic E-state index is 2.97. The number of nitrogens with zero attached hydrogens (tertiary/aromatic N) is 1. The Balaban J connectivity index is 2.77. The van der Waals surface area contributed by atoms with Crippen LogP contribution in [-0.2, 0) is 0 Å². The molecule has 0 amide bonds. The van der Waals surface area contributed by atoms with Crippen molar-refractivity contribution in [3.05, 3.63) is 0 Å². The Morgan fingerprint density at radius 1 is 0.643 bits per heavy atom. The molecule has 1 heteroatoms. The minimum Gasteiger partial charge on any atom is -0.295 e. The van der Waals surface area contributed by atoms with E-state index in [0.29, 0.717) is 11.0 Å². The molecule has 1 aliphatic heterocycles. The van der Waals surface area contributed by atoms with Crippen molar-refractivity contribution in [3.63, 3.8) is 0 Å². The van der Waals surface area contributed by atoms with Gasteiger partial charge >= 0.3 is 0 Å². The lowest BCUT2D eigenvalue weighted by Gasteiger charge is -2.48. The van der Waals surface area contributed by atoms with Gasteiger partial charge in [-0.2, -0.15) is 0 Å². The molecule has 1 unspecified atom stereocenters. The molecule has 0 bridgehead atoms. The van der Waals surface area contributed by atoms with Crippen molar-refractivity contribution in [2.75, 3.05) is 6.54 Å². The highest BCUT2D eigenvalue weighted by Gasteiger charge is 2.44. The molecule has 0 saturated carbocycles. The summed E-state index contributed by atoms with van der Waals surface area (Å²) in [6, 6.07) is 0.817. The molecular weight excluding hydrogens is 338 g/mol. The molecule has 1 nitrogen and oxygen atoms in total. The molecule has 0 N–H and O–H groups in total. The van der Waals surface area contributed by atoms with E-state index in [4.69, 9.17) is 0 Å². The third-order valence-corrected chi connectivity index (χ3v) is 7.68. The van der Waals surface area contributed by atoms with Gasteiger partial charge in [0.25, 0.3) is 0 Å². The van der Waals surface area contributed by atoms with Gasteiger partial charge < -0.3 is 0 Å². The summed E-state index contributed by atoms with van der Waals surface area (Å²) in [5.74, 6) is 0. The molecule has 0 radical (unpaired) electrons. The predicted molar refractivity (Wildman–Crippen MR) is 128 cm³/mol. The van der Waals surface area contributed by atoms with E-state index in [1.165, 1.54) is 116 Å². The van der Waals surface area contributed by atoms with E-state index in [0.717, 1.165) is 6.04 Å². The number of hydrogen-bond donors (Lipinski definition) is 0. The third kappa shape index (κ3) is 8.76. The zero-order valence-corrected chi connectivity index (χ0v) is 20.8. The second-order valence-electron chi connectivity index (χ2n) is 10.7. The summed E-state index contributed by atoms with van der Waals surface area (Å²) >= 11 is 0. The summed E-state index contributed by atoms with van der Waals surface area (Å²) in [6.07, 6.45) is 24.0. The highest BCUT2D eigenvalue weighted by atomic mass is 15.2. The summed E-state index contributed by atoms with van der Waals surface area (Å²) in [5, 5.41) is 0. The van der Waals surface area contributed by atoms with Crippen LogP contribution < -0.4 is 0 Å². The maximum Gasteiger partial charge on any atom is 0.0156 e. The molecule has 0 aliphatic carbocycles. The Kier molecular flexibility index (Phi) is 13.0. The Hall–Kier alpha value is -0.0400. The molecule has 28 heavy (non-hydrogen) atoms. The first-order valence-corrected chi connectivity index (χ1v) is 13.2. The van der Waals surface area contributed by atoms with Crippen LogP contribution in [-0.4, -0.2) is 23.0 Å². The first kappa shape index (κ1) is 26.0. The fourth-order valence-electron chi connectivity index (χ4n) is 5.71. The normalized spacial score (nSPS) is 18.9. The molecule has 1 rings (SSSR count). The average Bonchev–Trinajstić information content (AvgIpc) is 3.18. The van der Waals surface area contributed by atoms with Gasteiger partial charge in [-0.15, -0.1) is 0 Å². The monoisotopic (exact) mass is 393 g/mol. The van der Waals surface area contributed by atoms with Crippen LogP contribution in [0.4, 0.5) is 0 Å². The van der Waals surface area contributed by atoms with Gasteiger partial charge in [-0.05, 0) is 57.9 Å². The second-order valence-corrected chi connectivity index (χ2v) is 10.7. The molecule has 1 aliphatic rings. The van der Waals surface area contributed by atoms with Gasteiger partial charge in [-0.3, -0.25) is 4.90 Å². The molecule has 0 aromatic carbocycles. The predicted octanol–water partition coefficient (Wildman–Crippen LogP) is 9.15. The number of hydrogen-bond acceptors (Lipinski definition) is 1. The van der Waals surface area contributed by atoms with E-state index in [2.05, 4.69) is 46.4 Å². The average molecular weight is 394 g/mol. The van der Waals surface area contributed by atoms with E-state index >= 15 is 0 Å². The highest BCUT2D eigenvalue weighted by molar-refractivity contribution is 4.99. The van der Waals surface area contributed by atoms with Gasteiger partial charge in [0.1, 0.15) is 0 Å². The second kappa shape index (κ2) is 14.1. The molecular formula is C27H55N. The number of likely N-dealkylation sites (tertiary alicyclic amines) is 1. The van der Waals surface area contributed by atoms with Crippen molar-refractivity contribution in [2.24, 2.45) is 5.41 Å². The molecule has 0 aromatic rings. The Labute approximate surface area is 179 Å². The molecule has 0 aromatic heterocycles. The summed E-state index contributed by atoms with van der Waals surface area (Å²) in [7, 11) is 0. The quantitative estimate of drug-likeness (QED) is 0.223. The zero-order valence-electron chi connectivity index (χ0n) is 20.8.